The van der Waals surface area contributed by atoms with Gasteiger partial charge in [-0.15, -0.1) is 0 Å². The second-order valence-electron chi connectivity index (χ2n) is 4.05. The lowest BCUT2D eigenvalue weighted by Gasteiger charge is -2.16. The molecule has 5 nitrogen and oxygen atoms in total. The Morgan fingerprint density at radius 1 is 1.16 bits per heavy atom. The first-order chi connectivity index (χ1) is 8.97. The van der Waals surface area contributed by atoms with E-state index in [4.69, 9.17) is 27.6 Å². The van der Waals surface area contributed by atoms with Crippen LogP contribution in [-0.2, 0) is 4.79 Å². The standard InChI is InChI=1S/C12H5Cl2NO4/c13-4-1-5-9-7(16)3-8(17)15-10(9)12(18)19-11(5)6(14)2-4/h1-2H,3H2,(H,15,17). The normalized spacial score (nSPS) is 14.4. The molecule has 0 bridgehead atoms. The van der Waals surface area contributed by atoms with Gasteiger partial charge in [0.05, 0.1) is 17.0 Å². The summed E-state index contributed by atoms with van der Waals surface area (Å²) in [5.74, 6) is -1.01. The number of amides is 1. The van der Waals surface area contributed by atoms with Gasteiger partial charge in [-0.3, -0.25) is 9.59 Å². The SMILES string of the molecule is O=C1CC(=O)c2c(c(=O)oc3c(Cl)cc(Cl)cc23)N1. The van der Waals surface area contributed by atoms with E-state index in [-0.39, 0.29) is 28.3 Å². The van der Waals surface area contributed by atoms with Crippen molar-refractivity contribution in [2.75, 3.05) is 5.32 Å². The van der Waals surface area contributed by atoms with Gasteiger partial charge in [-0.25, -0.2) is 4.79 Å². The van der Waals surface area contributed by atoms with Crippen molar-refractivity contribution < 1.29 is 14.0 Å². The number of anilines is 1. The monoisotopic (exact) mass is 297 g/mol. The van der Waals surface area contributed by atoms with Crippen LogP contribution in [-0.4, -0.2) is 11.7 Å². The third-order valence-electron chi connectivity index (χ3n) is 2.79. The van der Waals surface area contributed by atoms with Crippen molar-refractivity contribution in [3.63, 3.8) is 0 Å². The molecule has 0 saturated carbocycles. The van der Waals surface area contributed by atoms with Crippen LogP contribution in [0.1, 0.15) is 16.8 Å². The van der Waals surface area contributed by atoms with Gasteiger partial charge in [-0.05, 0) is 12.1 Å². The number of carbonyl (C=O) groups excluding carboxylic acids is 2. The molecular formula is C12H5Cl2NO4. The number of hydrogen-bond acceptors (Lipinski definition) is 4. The first-order valence-electron chi connectivity index (χ1n) is 5.26. The molecule has 7 heteroatoms. The smallest absolute Gasteiger partial charge is 0.361 e. The number of hydrogen-bond donors (Lipinski definition) is 1. The lowest BCUT2D eigenvalue weighted by Crippen LogP contribution is -2.29. The van der Waals surface area contributed by atoms with Crippen LogP contribution in [0.15, 0.2) is 21.3 Å². The van der Waals surface area contributed by atoms with Crippen LogP contribution in [0.3, 0.4) is 0 Å². The molecule has 0 unspecified atom stereocenters. The van der Waals surface area contributed by atoms with Gasteiger partial charge in [0, 0.05) is 10.4 Å². The zero-order valence-electron chi connectivity index (χ0n) is 9.25. The summed E-state index contributed by atoms with van der Waals surface area (Å²) in [6.45, 7) is 0. The molecule has 0 radical (unpaired) electrons. The third-order valence-corrected chi connectivity index (χ3v) is 3.29. The quantitative estimate of drug-likeness (QED) is 0.599. The molecule has 2 aromatic rings. The zero-order chi connectivity index (χ0) is 13.7. The molecule has 0 atom stereocenters. The molecule has 1 aromatic carbocycles. The van der Waals surface area contributed by atoms with Gasteiger partial charge in [0.25, 0.3) is 0 Å². The van der Waals surface area contributed by atoms with Crippen molar-refractivity contribution in [3.05, 3.63) is 38.2 Å². The Labute approximate surface area is 116 Å². The van der Waals surface area contributed by atoms with E-state index in [0.29, 0.717) is 10.4 Å². The minimum absolute atomic E-state index is 0.0827. The van der Waals surface area contributed by atoms with Crippen molar-refractivity contribution in [2.45, 2.75) is 6.42 Å². The topological polar surface area (TPSA) is 76.4 Å². The molecule has 0 saturated heterocycles. The molecule has 19 heavy (non-hydrogen) atoms. The molecule has 1 N–H and O–H groups in total. The van der Waals surface area contributed by atoms with Gasteiger partial charge in [0.15, 0.2) is 11.4 Å². The van der Waals surface area contributed by atoms with Gasteiger partial charge >= 0.3 is 5.63 Å². The van der Waals surface area contributed by atoms with Crippen LogP contribution < -0.4 is 10.9 Å². The number of carbonyl (C=O) groups is 2. The molecule has 0 fully saturated rings. The summed E-state index contributed by atoms with van der Waals surface area (Å²) in [7, 11) is 0. The number of nitrogens with one attached hydrogen (secondary N) is 1. The minimum atomic E-state index is -0.812. The Balaban J connectivity index is 2.51. The highest BCUT2D eigenvalue weighted by Gasteiger charge is 2.29. The summed E-state index contributed by atoms with van der Waals surface area (Å²) in [6, 6.07) is 2.88. The van der Waals surface area contributed by atoms with Crippen molar-refractivity contribution in [2.24, 2.45) is 0 Å². The average molecular weight is 298 g/mol. The average Bonchev–Trinajstić information content (AvgIpc) is 2.30. The van der Waals surface area contributed by atoms with Crippen molar-refractivity contribution in [1.82, 2.24) is 0 Å². The molecule has 1 aliphatic heterocycles. The molecule has 0 spiro atoms. The lowest BCUT2D eigenvalue weighted by molar-refractivity contribution is -0.115. The second-order valence-corrected chi connectivity index (χ2v) is 4.90. The fourth-order valence-electron chi connectivity index (χ4n) is 2.05. The van der Waals surface area contributed by atoms with Crippen molar-refractivity contribution >= 4 is 51.5 Å². The van der Waals surface area contributed by atoms with Crippen LogP contribution in [0.5, 0.6) is 0 Å². The predicted molar refractivity (Wildman–Crippen MR) is 70.1 cm³/mol. The van der Waals surface area contributed by atoms with Crippen LogP contribution in [0, 0.1) is 0 Å². The molecule has 96 valence electrons. The minimum Gasteiger partial charge on any atom is -0.420 e. The van der Waals surface area contributed by atoms with E-state index in [1.54, 1.807) is 0 Å². The maximum atomic E-state index is 12.0. The Hall–Kier alpha value is -1.85. The van der Waals surface area contributed by atoms with E-state index in [1.807, 2.05) is 0 Å². The summed E-state index contributed by atoms with van der Waals surface area (Å²) in [4.78, 5) is 35.0. The number of benzene rings is 1. The number of rotatable bonds is 0. The molecule has 2 heterocycles. The Morgan fingerprint density at radius 2 is 1.89 bits per heavy atom. The molecule has 3 rings (SSSR count). The van der Waals surface area contributed by atoms with Gasteiger partial charge in [-0.1, -0.05) is 23.2 Å². The van der Waals surface area contributed by atoms with E-state index in [0.717, 1.165) is 0 Å². The third kappa shape index (κ3) is 1.82. The zero-order valence-corrected chi connectivity index (χ0v) is 10.8. The van der Waals surface area contributed by atoms with Crippen LogP contribution in [0.4, 0.5) is 5.69 Å². The van der Waals surface area contributed by atoms with Crippen molar-refractivity contribution in [3.8, 4) is 0 Å². The number of fused-ring (bicyclic) bond motifs is 3. The largest absolute Gasteiger partial charge is 0.420 e. The highest BCUT2D eigenvalue weighted by atomic mass is 35.5. The summed E-state index contributed by atoms with van der Waals surface area (Å²) in [5, 5.41) is 3.09. The highest BCUT2D eigenvalue weighted by molar-refractivity contribution is 6.39. The van der Waals surface area contributed by atoms with E-state index in [9.17, 15) is 14.4 Å². The highest BCUT2D eigenvalue weighted by Crippen LogP contribution is 2.33. The van der Waals surface area contributed by atoms with Crippen LogP contribution >= 0.6 is 23.2 Å². The summed E-state index contributed by atoms with van der Waals surface area (Å²) < 4.78 is 5.03. The van der Waals surface area contributed by atoms with Gasteiger partial charge in [0.2, 0.25) is 5.91 Å². The predicted octanol–water partition coefficient (Wildman–Crippen LogP) is 2.62. The molecule has 1 aromatic heterocycles. The van der Waals surface area contributed by atoms with Crippen LogP contribution in [0.2, 0.25) is 10.0 Å². The fraction of sp³-hybridized carbons (Fsp3) is 0.0833. The number of ketones is 1. The van der Waals surface area contributed by atoms with E-state index >= 15 is 0 Å². The second kappa shape index (κ2) is 4.08. The fourth-order valence-corrected chi connectivity index (χ4v) is 2.58. The molecule has 1 aliphatic rings. The van der Waals surface area contributed by atoms with Gasteiger partial charge in [-0.2, -0.15) is 0 Å². The van der Waals surface area contributed by atoms with Gasteiger partial charge in [0.1, 0.15) is 5.69 Å². The Bertz CT molecular complexity index is 809. The number of Topliss-reactive ketones (excluding diaryl/α,β-unsaturated/α-hetero) is 1. The first-order valence-corrected chi connectivity index (χ1v) is 6.02. The van der Waals surface area contributed by atoms with Crippen molar-refractivity contribution in [1.29, 1.82) is 0 Å². The van der Waals surface area contributed by atoms with E-state index < -0.39 is 17.3 Å². The van der Waals surface area contributed by atoms with Gasteiger partial charge < -0.3 is 9.73 Å². The first kappa shape index (κ1) is 12.2. The Kier molecular flexibility index (Phi) is 2.62. The van der Waals surface area contributed by atoms with E-state index in [1.165, 1.54) is 12.1 Å². The maximum absolute atomic E-state index is 12.0. The summed E-state index contributed by atoms with van der Waals surface area (Å²) in [5.41, 5.74) is -0.797. The summed E-state index contributed by atoms with van der Waals surface area (Å²) in [6.07, 6.45) is -0.324. The lowest BCUT2D eigenvalue weighted by atomic mass is 9.99. The molecular weight excluding hydrogens is 293 g/mol. The molecule has 0 aliphatic carbocycles. The number of halogens is 2. The van der Waals surface area contributed by atoms with E-state index in [2.05, 4.69) is 5.32 Å². The van der Waals surface area contributed by atoms with Crippen LogP contribution in [0.25, 0.3) is 11.0 Å². The Morgan fingerprint density at radius 3 is 2.63 bits per heavy atom. The maximum Gasteiger partial charge on any atom is 0.361 e. The molecule has 1 amide bonds. The summed E-state index contributed by atoms with van der Waals surface area (Å²) >= 11 is 11.8.